The quantitative estimate of drug-likeness (QED) is 0.446. The van der Waals surface area contributed by atoms with Crippen molar-refractivity contribution >= 4 is 28.6 Å². The molecule has 0 spiro atoms. The molecule has 0 bridgehead atoms. The molecule has 1 N–H and O–H groups in total. The molecule has 1 unspecified atom stereocenters. The number of carboxylic acids is 1. The van der Waals surface area contributed by atoms with Crippen molar-refractivity contribution in [3.05, 3.63) is 35.9 Å². The number of benzene rings is 1. The minimum absolute atomic E-state index is 0. The Hall–Kier alpha value is 0.420. The molecule has 0 saturated heterocycles. The van der Waals surface area contributed by atoms with Crippen LogP contribution in [0.15, 0.2) is 30.3 Å². The van der Waals surface area contributed by atoms with Crippen LogP contribution in [-0.4, -0.2) is 11.1 Å². The van der Waals surface area contributed by atoms with E-state index in [1.54, 1.807) is 0 Å². The molecule has 4 heteroatoms. The molecule has 60 valence electrons. The average Bonchev–Trinajstić information content (AvgIpc) is 2.05. The van der Waals surface area contributed by atoms with Gasteiger partial charge >= 0.3 is 35.5 Å². The molecule has 0 fully saturated rings. The molecular weight excluding hydrogens is 278 g/mol. The summed E-state index contributed by atoms with van der Waals surface area (Å²) in [6, 6.07) is 9.17. The van der Waals surface area contributed by atoms with Gasteiger partial charge in [-0.2, -0.15) is 0 Å². The third kappa shape index (κ3) is 3.43. The molecule has 12 heavy (non-hydrogen) atoms. The van der Waals surface area contributed by atoms with Crippen LogP contribution in [0.2, 0.25) is 0 Å². The van der Waals surface area contributed by atoms with Gasteiger partial charge < -0.3 is 6.53 Å². The molecule has 0 saturated carbocycles. The van der Waals surface area contributed by atoms with Crippen molar-refractivity contribution in [2.45, 2.75) is 3.92 Å². The number of alkyl halides is 1. The molecule has 0 radical (unpaired) electrons. The fraction of sp³-hybridized carbons (Fsp3) is 0.125. The number of hydrogen-bond donors (Lipinski definition) is 1. The number of aliphatic carboxylic acids is 1. The summed E-state index contributed by atoms with van der Waals surface area (Å²) in [6.45, 7) is 0. The molecule has 1 atom stereocenters. The van der Waals surface area contributed by atoms with Crippen molar-refractivity contribution in [3.8, 4) is 0 Å². The molecule has 2 nitrogen and oxygen atoms in total. The molecular formula is C8H8INaO2. The second-order valence-electron chi connectivity index (χ2n) is 2.11. The monoisotopic (exact) mass is 286 g/mol. The van der Waals surface area contributed by atoms with E-state index < -0.39 is 9.89 Å². The molecule has 1 rings (SSSR count). The summed E-state index contributed by atoms with van der Waals surface area (Å²) < 4.78 is -0.436. The van der Waals surface area contributed by atoms with Crippen LogP contribution >= 0.6 is 22.6 Å². The van der Waals surface area contributed by atoms with E-state index in [2.05, 4.69) is 0 Å². The Morgan fingerprint density at radius 1 is 1.42 bits per heavy atom. The average molecular weight is 286 g/mol. The summed E-state index contributed by atoms with van der Waals surface area (Å²) in [7, 11) is 0. The van der Waals surface area contributed by atoms with Gasteiger partial charge in [0.15, 0.2) is 0 Å². The Labute approximate surface area is 108 Å². The number of hydrogen-bond acceptors (Lipinski definition) is 1. The fourth-order valence-corrected chi connectivity index (χ4v) is 1.18. The molecule has 0 heterocycles. The van der Waals surface area contributed by atoms with E-state index in [0.717, 1.165) is 5.56 Å². The van der Waals surface area contributed by atoms with Crippen molar-refractivity contribution in [1.29, 1.82) is 0 Å². The van der Waals surface area contributed by atoms with Crippen LogP contribution in [0.5, 0.6) is 0 Å². The zero-order chi connectivity index (χ0) is 8.27. The van der Waals surface area contributed by atoms with Crippen LogP contribution in [0.25, 0.3) is 0 Å². The van der Waals surface area contributed by atoms with Gasteiger partial charge in [0.25, 0.3) is 0 Å². The van der Waals surface area contributed by atoms with Crippen molar-refractivity contribution in [3.63, 3.8) is 0 Å². The molecule has 0 aliphatic rings. The molecule has 0 amide bonds. The van der Waals surface area contributed by atoms with E-state index >= 15 is 0 Å². The first-order chi connectivity index (χ1) is 5.22. The summed E-state index contributed by atoms with van der Waals surface area (Å²) in [5.74, 6) is -0.795. The summed E-state index contributed by atoms with van der Waals surface area (Å²) in [5, 5.41) is 8.63. The standard InChI is InChI=1S/C8H7IO2.Na.H/c9-7(8(10)11)6-4-2-1-3-5-6;;/h1-5,7H,(H,10,11);;/q;+1;-1. The first kappa shape index (κ1) is 12.4. The van der Waals surface area contributed by atoms with Gasteiger partial charge in [0.1, 0.15) is 3.92 Å². The number of rotatable bonds is 2. The van der Waals surface area contributed by atoms with E-state index in [4.69, 9.17) is 5.11 Å². The van der Waals surface area contributed by atoms with Gasteiger partial charge in [-0.05, 0) is 5.56 Å². The Kier molecular flexibility index (Phi) is 6.17. The number of carbonyl (C=O) groups is 1. The minimum Gasteiger partial charge on any atom is -1.00 e. The third-order valence-corrected chi connectivity index (χ3v) is 2.56. The minimum atomic E-state index is -0.795. The van der Waals surface area contributed by atoms with Crippen molar-refractivity contribution in [1.82, 2.24) is 0 Å². The van der Waals surface area contributed by atoms with E-state index in [1.807, 2.05) is 52.9 Å². The maximum absolute atomic E-state index is 10.5. The van der Waals surface area contributed by atoms with E-state index in [0.29, 0.717) is 0 Å². The van der Waals surface area contributed by atoms with Gasteiger partial charge in [-0.15, -0.1) is 0 Å². The molecule has 0 aliphatic heterocycles. The van der Waals surface area contributed by atoms with Crippen molar-refractivity contribution in [2.24, 2.45) is 0 Å². The van der Waals surface area contributed by atoms with Crippen LogP contribution in [-0.2, 0) is 4.79 Å². The summed E-state index contributed by atoms with van der Waals surface area (Å²) in [4.78, 5) is 10.5. The van der Waals surface area contributed by atoms with Gasteiger partial charge in [-0.1, -0.05) is 52.9 Å². The predicted molar refractivity (Wildman–Crippen MR) is 52.0 cm³/mol. The molecule has 1 aromatic rings. The zero-order valence-corrected chi connectivity index (χ0v) is 10.9. The third-order valence-electron chi connectivity index (χ3n) is 1.31. The second-order valence-corrected chi connectivity index (χ2v) is 3.36. The predicted octanol–water partition coefficient (Wildman–Crippen LogP) is -0.636. The normalized spacial score (nSPS) is 11.4. The molecule has 0 aliphatic carbocycles. The first-order valence-corrected chi connectivity index (χ1v) is 4.38. The van der Waals surface area contributed by atoms with Gasteiger partial charge in [0, 0.05) is 0 Å². The van der Waals surface area contributed by atoms with Crippen molar-refractivity contribution in [2.75, 3.05) is 0 Å². The number of halogens is 1. The smallest absolute Gasteiger partial charge is 1.00 e. The van der Waals surface area contributed by atoms with E-state index in [-0.39, 0.29) is 31.0 Å². The summed E-state index contributed by atoms with van der Waals surface area (Å²) in [6.07, 6.45) is 0. The Balaban J connectivity index is 0. The summed E-state index contributed by atoms with van der Waals surface area (Å²) >= 11 is 1.90. The summed E-state index contributed by atoms with van der Waals surface area (Å²) in [5.41, 5.74) is 0.834. The number of carboxylic acid groups (broad SMARTS) is 1. The van der Waals surface area contributed by atoms with Crippen LogP contribution in [0.3, 0.4) is 0 Å². The van der Waals surface area contributed by atoms with Crippen LogP contribution in [0, 0.1) is 0 Å². The van der Waals surface area contributed by atoms with Gasteiger partial charge in [-0.3, -0.25) is 4.79 Å². The maximum Gasteiger partial charge on any atom is 1.00 e. The van der Waals surface area contributed by atoms with Crippen LogP contribution in [0.4, 0.5) is 0 Å². The van der Waals surface area contributed by atoms with E-state index in [1.165, 1.54) is 0 Å². The maximum atomic E-state index is 10.5. The van der Waals surface area contributed by atoms with Gasteiger partial charge in [-0.25, -0.2) is 0 Å². The van der Waals surface area contributed by atoms with Crippen molar-refractivity contribution < 1.29 is 40.9 Å². The first-order valence-electron chi connectivity index (χ1n) is 3.13. The fourth-order valence-electron chi connectivity index (χ4n) is 0.765. The van der Waals surface area contributed by atoms with Gasteiger partial charge in [0.05, 0.1) is 0 Å². The van der Waals surface area contributed by atoms with Gasteiger partial charge in [0.2, 0.25) is 0 Å². The van der Waals surface area contributed by atoms with Crippen LogP contribution < -0.4 is 29.6 Å². The largest absolute Gasteiger partial charge is 1.00 e. The zero-order valence-electron chi connectivity index (χ0n) is 7.70. The van der Waals surface area contributed by atoms with E-state index in [9.17, 15) is 4.79 Å². The topological polar surface area (TPSA) is 37.3 Å². The Morgan fingerprint density at radius 3 is 2.33 bits per heavy atom. The van der Waals surface area contributed by atoms with Crippen LogP contribution in [0.1, 0.15) is 10.9 Å². The SMILES string of the molecule is O=C(O)C(I)c1ccccc1.[H-].[Na+]. The Morgan fingerprint density at radius 2 is 1.92 bits per heavy atom. The second kappa shape index (κ2) is 5.96. The molecule has 1 aromatic carbocycles. The molecule has 0 aromatic heterocycles. The Bertz CT molecular complexity index is 256.